The lowest BCUT2D eigenvalue weighted by Crippen LogP contribution is -2.24. The molecule has 28 heavy (non-hydrogen) atoms. The first kappa shape index (κ1) is 19.7. The molecule has 9 heteroatoms. The molecule has 148 valence electrons. The summed E-state index contributed by atoms with van der Waals surface area (Å²) >= 11 is 0. The maximum Gasteiger partial charge on any atom is 0.422 e. The minimum absolute atomic E-state index is 0.108. The Hall–Kier alpha value is -3.10. The average Bonchev–Trinajstić information content (AvgIpc) is 3.10. The van der Waals surface area contributed by atoms with Gasteiger partial charge in [-0.15, -0.1) is 0 Å². The maximum absolute atomic E-state index is 12.1. The molecule has 3 rings (SSSR count). The zero-order valence-electron chi connectivity index (χ0n) is 14.8. The van der Waals surface area contributed by atoms with Crippen molar-refractivity contribution < 1.29 is 27.5 Å². The average molecular weight is 393 g/mol. The topological polar surface area (TPSA) is 71.5 Å². The van der Waals surface area contributed by atoms with Crippen LogP contribution in [-0.4, -0.2) is 36.1 Å². The van der Waals surface area contributed by atoms with E-state index >= 15 is 0 Å². The Balaban J connectivity index is 1.51. The highest BCUT2D eigenvalue weighted by Crippen LogP contribution is 2.21. The molecule has 1 N–H and O–H groups in total. The summed E-state index contributed by atoms with van der Waals surface area (Å²) in [5.74, 6) is -0.509. The molecule has 1 aromatic heterocycles. The first-order valence-corrected chi connectivity index (χ1v) is 8.65. The van der Waals surface area contributed by atoms with E-state index in [1.54, 1.807) is 4.90 Å². The van der Waals surface area contributed by atoms with Crippen LogP contribution in [0.4, 0.5) is 18.9 Å². The molecule has 1 fully saturated rings. The molecule has 1 aliphatic rings. The van der Waals surface area contributed by atoms with Gasteiger partial charge in [-0.3, -0.25) is 9.59 Å². The third-order valence-corrected chi connectivity index (χ3v) is 4.16. The lowest BCUT2D eigenvalue weighted by atomic mass is 10.2. The Morgan fingerprint density at radius 3 is 2.50 bits per heavy atom. The van der Waals surface area contributed by atoms with Crippen LogP contribution < -0.4 is 15.0 Å². The van der Waals surface area contributed by atoms with Crippen molar-refractivity contribution in [2.45, 2.75) is 25.6 Å². The molecule has 1 aromatic carbocycles. The summed E-state index contributed by atoms with van der Waals surface area (Å²) in [6.07, 6.45) is -1.88. The van der Waals surface area contributed by atoms with Gasteiger partial charge in [-0.1, -0.05) is 12.1 Å². The quantitative estimate of drug-likeness (QED) is 0.819. The Bertz CT molecular complexity index is 836. The molecule has 2 amide bonds. The molecule has 0 aliphatic carbocycles. The van der Waals surface area contributed by atoms with Gasteiger partial charge >= 0.3 is 6.18 Å². The van der Waals surface area contributed by atoms with Crippen molar-refractivity contribution in [1.29, 1.82) is 0 Å². The number of nitrogens with zero attached hydrogens (tertiary/aromatic N) is 2. The van der Waals surface area contributed by atoms with E-state index in [-0.39, 0.29) is 23.9 Å². The number of ether oxygens (including phenoxy) is 1. The Labute approximate surface area is 159 Å². The Morgan fingerprint density at radius 2 is 1.93 bits per heavy atom. The van der Waals surface area contributed by atoms with Crippen molar-refractivity contribution >= 4 is 17.5 Å². The van der Waals surface area contributed by atoms with E-state index in [1.165, 1.54) is 12.1 Å². The Kier molecular flexibility index (Phi) is 5.81. The number of carbonyl (C=O) groups excluding carboxylic acids is 2. The van der Waals surface area contributed by atoms with Crippen LogP contribution >= 0.6 is 0 Å². The van der Waals surface area contributed by atoms with E-state index in [1.807, 2.05) is 24.3 Å². The van der Waals surface area contributed by atoms with Gasteiger partial charge in [0.05, 0.1) is 5.56 Å². The van der Waals surface area contributed by atoms with Crippen LogP contribution in [0.1, 0.15) is 28.8 Å². The number of anilines is 1. The number of nitrogens with one attached hydrogen (secondary N) is 1. The molecule has 0 atom stereocenters. The van der Waals surface area contributed by atoms with Crippen LogP contribution in [0.25, 0.3) is 0 Å². The first-order chi connectivity index (χ1) is 13.3. The molecule has 2 heterocycles. The number of rotatable bonds is 6. The number of hydrogen-bond donors (Lipinski definition) is 1. The number of aromatic nitrogens is 1. The largest absolute Gasteiger partial charge is 0.468 e. The van der Waals surface area contributed by atoms with E-state index in [0.29, 0.717) is 13.0 Å². The minimum atomic E-state index is -4.45. The molecule has 1 aliphatic heterocycles. The summed E-state index contributed by atoms with van der Waals surface area (Å²) in [6.45, 7) is -0.464. The van der Waals surface area contributed by atoms with E-state index in [0.717, 1.165) is 23.9 Å². The van der Waals surface area contributed by atoms with Crippen LogP contribution in [0, 0.1) is 0 Å². The number of halogens is 3. The van der Waals surface area contributed by atoms with Gasteiger partial charge in [-0.2, -0.15) is 13.2 Å². The van der Waals surface area contributed by atoms with Gasteiger partial charge in [0.2, 0.25) is 11.8 Å². The lowest BCUT2D eigenvalue weighted by Gasteiger charge is -2.16. The van der Waals surface area contributed by atoms with Crippen LogP contribution in [-0.2, 0) is 11.3 Å². The molecule has 1 saturated heterocycles. The molecule has 0 bridgehead atoms. The van der Waals surface area contributed by atoms with Gasteiger partial charge in [-0.25, -0.2) is 4.98 Å². The summed E-state index contributed by atoms with van der Waals surface area (Å²) in [5.41, 5.74) is 1.89. The van der Waals surface area contributed by atoms with Crippen molar-refractivity contribution in [3.63, 3.8) is 0 Å². The number of hydrogen-bond acceptors (Lipinski definition) is 4. The van der Waals surface area contributed by atoms with Crippen molar-refractivity contribution in [3.05, 3.63) is 53.7 Å². The summed E-state index contributed by atoms with van der Waals surface area (Å²) in [4.78, 5) is 29.3. The van der Waals surface area contributed by atoms with Gasteiger partial charge in [0.25, 0.3) is 5.91 Å². The molecule has 2 aromatic rings. The van der Waals surface area contributed by atoms with Crippen LogP contribution in [0.3, 0.4) is 0 Å². The highest BCUT2D eigenvalue weighted by Gasteiger charge is 2.28. The van der Waals surface area contributed by atoms with Crippen LogP contribution in [0.15, 0.2) is 42.6 Å². The fraction of sp³-hybridized carbons (Fsp3) is 0.316. The van der Waals surface area contributed by atoms with Crippen molar-refractivity contribution in [3.8, 4) is 5.88 Å². The van der Waals surface area contributed by atoms with E-state index in [4.69, 9.17) is 0 Å². The van der Waals surface area contributed by atoms with Crippen LogP contribution in [0.5, 0.6) is 5.88 Å². The van der Waals surface area contributed by atoms with Crippen molar-refractivity contribution in [1.82, 2.24) is 10.3 Å². The molecular weight excluding hydrogens is 375 g/mol. The van der Waals surface area contributed by atoms with E-state index in [9.17, 15) is 22.8 Å². The lowest BCUT2D eigenvalue weighted by molar-refractivity contribution is -0.154. The third kappa shape index (κ3) is 5.21. The smallest absolute Gasteiger partial charge is 0.422 e. The predicted octanol–water partition coefficient (Wildman–Crippen LogP) is 3.08. The summed E-state index contributed by atoms with van der Waals surface area (Å²) in [7, 11) is 0. The molecule has 0 spiro atoms. The maximum atomic E-state index is 12.1. The van der Waals surface area contributed by atoms with Crippen molar-refractivity contribution in [2.75, 3.05) is 18.1 Å². The Morgan fingerprint density at radius 1 is 1.18 bits per heavy atom. The zero-order valence-corrected chi connectivity index (χ0v) is 14.8. The first-order valence-electron chi connectivity index (χ1n) is 8.65. The summed E-state index contributed by atoms with van der Waals surface area (Å²) in [5, 5.41) is 2.71. The number of amides is 2. The van der Waals surface area contributed by atoms with Gasteiger partial charge in [0, 0.05) is 37.5 Å². The molecular formula is C19H18F3N3O3. The number of benzene rings is 1. The molecule has 0 radical (unpaired) electrons. The number of carbonyl (C=O) groups is 2. The van der Waals surface area contributed by atoms with E-state index < -0.39 is 18.7 Å². The third-order valence-electron chi connectivity index (χ3n) is 4.16. The van der Waals surface area contributed by atoms with Gasteiger partial charge < -0.3 is 15.0 Å². The molecule has 6 nitrogen and oxygen atoms in total. The van der Waals surface area contributed by atoms with E-state index in [2.05, 4.69) is 15.0 Å². The second kappa shape index (κ2) is 8.28. The summed E-state index contributed by atoms with van der Waals surface area (Å²) < 4.78 is 40.8. The fourth-order valence-electron chi connectivity index (χ4n) is 2.76. The second-order valence-corrected chi connectivity index (χ2v) is 6.29. The highest BCUT2D eigenvalue weighted by molar-refractivity contribution is 5.95. The van der Waals surface area contributed by atoms with Gasteiger partial charge in [0.15, 0.2) is 6.61 Å². The normalized spacial score (nSPS) is 14.2. The van der Waals surface area contributed by atoms with Crippen molar-refractivity contribution in [2.24, 2.45) is 0 Å². The second-order valence-electron chi connectivity index (χ2n) is 6.29. The number of alkyl halides is 3. The minimum Gasteiger partial charge on any atom is -0.468 e. The van der Waals surface area contributed by atoms with Gasteiger partial charge in [0.1, 0.15) is 0 Å². The monoisotopic (exact) mass is 393 g/mol. The molecule has 0 saturated carbocycles. The molecule has 0 unspecified atom stereocenters. The van der Waals surface area contributed by atoms with Gasteiger partial charge in [-0.05, 0) is 30.2 Å². The number of pyridine rings is 1. The standard InChI is InChI=1S/C19H18F3N3O3/c20-19(21,22)12-28-16-8-5-14(11-23-16)18(27)24-10-13-3-6-15(7-4-13)25-9-1-2-17(25)26/h3-8,11H,1-2,9-10,12H2,(H,24,27). The zero-order chi connectivity index (χ0) is 20.1. The van der Waals surface area contributed by atoms with Crippen LogP contribution in [0.2, 0.25) is 0 Å². The summed E-state index contributed by atoms with van der Waals surface area (Å²) in [6, 6.07) is 9.87. The fourth-order valence-corrected chi connectivity index (χ4v) is 2.76. The highest BCUT2D eigenvalue weighted by atomic mass is 19.4. The SMILES string of the molecule is O=C(NCc1ccc(N2CCCC2=O)cc1)c1ccc(OCC(F)(F)F)nc1. The predicted molar refractivity (Wildman–Crippen MR) is 95.0 cm³/mol.